The normalized spacial score (nSPS) is 22.4. The van der Waals surface area contributed by atoms with Crippen LogP contribution in [0.2, 0.25) is 0 Å². The number of nitrogens with one attached hydrogen (secondary N) is 1. The molecule has 2 aliphatic heterocycles. The van der Waals surface area contributed by atoms with Gasteiger partial charge in [0, 0.05) is 31.7 Å². The van der Waals surface area contributed by atoms with Gasteiger partial charge in [-0.15, -0.1) is 12.4 Å². The lowest BCUT2D eigenvalue weighted by molar-refractivity contribution is 0.171. The van der Waals surface area contributed by atoms with E-state index in [-0.39, 0.29) is 23.3 Å². The first-order valence-corrected chi connectivity index (χ1v) is 8.14. The number of rotatable bonds is 2. The van der Waals surface area contributed by atoms with Crippen LogP contribution in [-0.4, -0.2) is 51.6 Å². The van der Waals surface area contributed by atoms with E-state index in [0.29, 0.717) is 44.3 Å². The molecular weight excluding hydrogens is 316 g/mol. The molecule has 0 spiro atoms. The lowest BCUT2D eigenvalue weighted by Gasteiger charge is -2.31. The first-order valence-electron chi connectivity index (χ1n) is 6.70. The molecule has 3 rings (SSSR count). The van der Waals surface area contributed by atoms with E-state index >= 15 is 0 Å². The van der Waals surface area contributed by atoms with Gasteiger partial charge in [-0.3, -0.25) is 0 Å². The molecule has 0 radical (unpaired) electrons. The number of halogens is 1. The summed E-state index contributed by atoms with van der Waals surface area (Å²) in [5.74, 6) is 1.10. The number of ether oxygens (including phenoxy) is 2. The van der Waals surface area contributed by atoms with Gasteiger partial charge >= 0.3 is 0 Å². The molecule has 1 aromatic rings. The Hall–Kier alpha value is -1.02. The minimum atomic E-state index is -3.47. The van der Waals surface area contributed by atoms with Crippen molar-refractivity contribution in [3.05, 3.63) is 18.2 Å². The molecule has 118 valence electrons. The van der Waals surface area contributed by atoms with E-state index in [1.807, 2.05) is 6.92 Å². The Morgan fingerprint density at radius 3 is 2.67 bits per heavy atom. The number of hydrogen-bond donors (Lipinski definition) is 1. The number of nitrogens with zero attached hydrogens (tertiary/aromatic N) is 1. The third-order valence-electron chi connectivity index (χ3n) is 3.48. The molecule has 2 heterocycles. The smallest absolute Gasteiger partial charge is 0.243 e. The quantitative estimate of drug-likeness (QED) is 0.869. The van der Waals surface area contributed by atoms with Crippen molar-refractivity contribution < 1.29 is 17.9 Å². The Kier molecular flexibility index (Phi) is 4.98. The van der Waals surface area contributed by atoms with Crippen LogP contribution in [0.25, 0.3) is 0 Å². The molecule has 0 aromatic heterocycles. The average molecular weight is 335 g/mol. The van der Waals surface area contributed by atoms with Gasteiger partial charge in [-0.1, -0.05) is 0 Å². The Bertz CT molecular complexity index is 608. The van der Waals surface area contributed by atoms with Crippen LogP contribution >= 0.6 is 12.4 Å². The fourth-order valence-corrected chi connectivity index (χ4v) is 3.99. The second-order valence-electron chi connectivity index (χ2n) is 5.02. The first-order chi connectivity index (χ1) is 9.57. The molecule has 1 saturated heterocycles. The Morgan fingerprint density at radius 1 is 1.24 bits per heavy atom. The second kappa shape index (κ2) is 6.39. The zero-order chi connectivity index (χ0) is 14.2. The molecule has 0 amide bonds. The zero-order valence-corrected chi connectivity index (χ0v) is 13.4. The average Bonchev–Trinajstić information content (AvgIpc) is 2.46. The Balaban J connectivity index is 0.00000161. The van der Waals surface area contributed by atoms with Gasteiger partial charge in [0.05, 0.1) is 4.90 Å². The van der Waals surface area contributed by atoms with E-state index in [0.717, 1.165) is 0 Å². The molecule has 1 aromatic carbocycles. The summed E-state index contributed by atoms with van der Waals surface area (Å²) in [5.41, 5.74) is 0. The van der Waals surface area contributed by atoms with Crippen molar-refractivity contribution in [3.8, 4) is 11.5 Å². The van der Waals surface area contributed by atoms with Crippen molar-refractivity contribution in [3.63, 3.8) is 0 Å². The largest absolute Gasteiger partial charge is 0.486 e. The van der Waals surface area contributed by atoms with Crippen molar-refractivity contribution >= 4 is 22.4 Å². The van der Waals surface area contributed by atoms with Gasteiger partial charge in [-0.2, -0.15) is 4.31 Å². The van der Waals surface area contributed by atoms with Crippen molar-refractivity contribution in [1.82, 2.24) is 9.62 Å². The molecule has 8 heteroatoms. The summed E-state index contributed by atoms with van der Waals surface area (Å²) in [6, 6.07) is 4.95. The molecule has 1 atom stereocenters. The highest BCUT2D eigenvalue weighted by Gasteiger charge is 2.29. The summed E-state index contributed by atoms with van der Waals surface area (Å²) in [4.78, 5) is 0.260. The van der Waals surface area contributed by atoms with Crippen molar-refractivity contribution in [2.75, 3.05) is 32.8 Å². The fraction of sp³-hybridized carbons (Fsp3) is 0.538. The van der Waals surface area contributed by atoms with Crippen LogP contribution in [0.4, 0.5) is 0 Å². The van der Waals surface area contributed by atoms with Gasteiger partial charge in [0.25, 0.3) is 0 Å². The molecular formula is C13H19ClN2O4S. The maximum atomic E-state index is 12.6. The van der Waals surface area contributed by atoms with Gasteiger partial charge in [0.15, 0.2) is 11.5 Å². The number of piperazine rings is 1. The maximum Gasteiger partial charge on any atom is 0.243 e. The van der Waals surface area contributed by atoms with Gasteiger partial charge < -0.3 is 14.8 Å². The highest BCUT2D eigenvalue weighted by atomic mass is 35.5. The fourth-order valence-electron chi connectivity index (χ4n) is 2.45. The number of hydrogen-bond acceptors (Lipinski definition) is 5. The van der Waals surface area contributed by atoms with Gasteiger partial charge in [0.1, 0.15) is 13.2 Å². The van der Waals surface area contributed by atoms with Crippen LogP contribution in [0.1, 0.15) is 6.92 Å². The molecule has 0 aliphatic carbocycles. The predicted octanol–water partition coefficient (Wildman–Crippen LogP) is 0.862. The number of fused-ring (bicyclic) bond motifs is 1. The van der Waals surface area contributed by atoms with Crippen molar-refractivity contribution in [2.45, 2.75) is 17.9 Å². The highest BCUT2D eigenvalue weighted by Crippen LogP contribution is 2.33. The first kappa shape index (κ1) is 16.4. The molecule has 0 bridgehead atoms. The molecule has 1 fully saturated rings. The van der Waals surface area contributed by atoms with Crippen molar-refractivity contribution in [2.24, 2.45) is 0 Å². The Labute approximate surface area is 130 Å². The SMILES string of the molecule is C[C@@H]1CN(S(=O)(=O)c2ccc3c(c2)OCCO3)CCN1.Cl. The van der Waals surface area contributed by atoms with Crippen LogP contribution in [0.3, 0.4) is 0 Å². The van der Waals surface area contributed by atoms with Crippen LogP contribution < -0.4 is 14.8 Å². The lowest BCUT2D eigenvalue weighted by atomic mass is 10.3. The molecule has 2 aliphatic rings. The van der Waals surface area contributed by atoms with Crippen LogP contribution in [-0.2, 0) is 10.0 Å². The second-order valence-corrected chi connectivity index (χ2v) is 6.96. The van der Waals surface area contributed by atoms with E-state index in [9.17, 15) is 8.42 Å². The van der Waals surface area contributed by atoms with E-state index in [4.69, 9.17) is 9.47 Å². The summed E-state index contributed by atoms with van der Waals surface area (Å²) < 4.78 is 37.6. The van der Waals surface area contributed by atoms with Crippen LogP contribution in [0, 0.1) is 0 Å². The third-order valence-corrected chi connectivity index (χ3v) is 5.34. The standard InChI is InChI=1S/C13H18N2O4S.ClH/c1-10-9-15(5-4-14-10)20(16,17)11-2-3-12-13(8-11)19-7-6-18-12;/h2-3,8,10,14H,4-7,9H2,1H3;1H/t10-;/m1./s1. The summed E-state index contributed by atoms with van der Waals surface area (Å²) in [6.07, 6.45) is 0. The van der Waals surface area contributed by atoms with Crippen LogP contribution in [0.15, 0.2) is 23.1 Å². The summed E-state index contributed by atoms with van der Waals surface area (Å²) >= 11 is 0. The molecule has 21 heavy (non-hydrogen) atoms. The van der Waals surface area contributed by atoms with E-state index in [2.05, 4.69) is 5.32 Å². The zero-order valence-electron chi connectivity index (χ0n) is 11.7. The maximum absolute atomic E-state index is 12.6. The minimum Gasteiger partial charge on any atom is -0.486 e. The van der Waals surface area contributed by atoms with E-state index in [1.54, 1.807) is 18.2 Å². The topological polar surface area (TPSA) is 67.9 Å². The van der Waals surface area contributed by atoms with Crippen LogP contribution in [0.5, 0.6) is 11.5 Å². The third kappa shape index (κ3) is 3.26. The molecule has 1 N–H and O–H groups in total. The van der Waals surface area contributed by atoms with E-state index in [1.165, 1.54) is 4.31 Å². The Morgan fingerprint density at radius 2 is 1.95 bits per heavy atom. The monoisotopic (exact) mass is 334 g/mol. The van der Waals surface area contributed by atoms with Gasteiger partial charge in [-0.25, -0.2) is 8.42 Å². The number of benzene rings is 1. The lowest BCUT2D eigenvalue weighted by Crippen LogP contribution is -2.51. The minimum absolute atomic E-state index is 0. The van der Waals surface area contributed by atoms with Gasteiger partial charge in [0.2, 0.25) is 10.0 Å². The predicted molar refractivity (Wildman–Crippen MR) is 80.9 cm³/mol. The van der Waals surface area contributed by atoms with Crippen molar-refractivity contribution in [1.29, 1.82) is 0 Å². The molecule has 6 nitrogen and oxygen atoms in total. The summed E-state index contributed by atoms with van der Waals surface area (Å²) in [7, 11) is -3.47. The summed E-state index contributed by atoms with van der Waals surface area (Å²) in [5, 5.41) is 3.23. The molecule has 0 saturated carbocycles. The summed E-state index contributed by atoms with van der Waals surface area (Å²) in [6.45, 7) is 4.56. The van der Waals surface area contributed by atoms with E-state index < -0.39 is 10.0 Å². The number of sulfonamides is 1. The van der Waals surface area contributed by atoms with Gasteiger partial charge in [-0.05, 0) is 19.1 Å². The molecule has 0 unspecified atom stereocenters. The highest BCUT2D eigenvalue weighted by molar-refractivity contribution is 7.89.